The van der Waals surface area contributed by atoms with Gasteiger partial charge in [0.2, 0.25) is 0 Å². The Morgan fingerprint density at radius 3 is 2.71 bits per heavy atom. The zero-order chi connectivity index (χ0) is 12.3. The minimum absolute atomic E-state index is 0.459. The van der Waals surface area contributed by atoms with Gasteiger partial charge < -0.3 is 0 Å². The Kier molecular flexibility index (Phi) is 4.66. The molecular weight excluding hydrogens is 255 g/mol. The molecule has 0 bridgehead atoms. The molecule has 0 saturated heterocycles. The molecule has 0 aromatic carbocycles. The molecule has 0 unspecified atom stereocenters. The summed E-state index contributed by atoms with van der Waals surface area (Å²) in [5.74, 6) is 0.883. The Hall–Kier alpha value is -0.310. The fourth-order valence-electron chi connectivity index (χ4n) is 2.14. The van der Waals surface area contributed by atoms with Crippen molar-refractivity contribution in [2.75, 3.05) is 13.1 Å². The Morgan fingerprint density at radius 1 is 1.41 bits per heavy atom. The number of nitrogens with zero attached hydrogens (tertiary/aromatic N) is 2. The fraction of sp³-hybridized carbons (Fsp3) is 0.615. The second kappa shape index (κ2) is 6.03. The highest BCUT2D eigenvalue weighted by Crippen LogP contribution is 2.28. The normalized spacial score (nSPS) is 16.2. The summed E-state index contributed by atoms with van der Waals surface area (Å²) >= 11 is 12.0. The van der Waals surface area contributed by atoms with Crippen LogP contribution in [0.3, 0.4) is 0 Å². The average Bonchev–Trinajstić information content (AvgIpc) is 2.24. The first-order chi connectivity index (χ1) is 8.19. The van der Waals surface area contributed by atoms with Gasteiger partial charge in [0, 0.05) is 29.9 Å². The van der Waals surface area contributed by atoms with Gasteiger partial charge in [-0.05, 0) is 31.4 Å². The van der Waals surface area contributed by atoms with Crippen LogP contribution in [0.5, 0.6) is 0 Å². The summed E-state index contributed by atoms with van der Waals surface area (Å²) in [6.45, 7) is 5.29. The number of hydrogen-bond donors (Lipinski definition) is 0. The Morgan fingerprint density at radius 2 is 2.18 bits per heavy atom. The molecule has 0 N–H and O–H groups in total. The van der Waals surface area contributed by atoms with E-state index in [1.54, 1.807) is 12.3 Å². The maximum Gasteiger partial charge on any atom is 0.130 e. The summed E-state index contributed by atoms with van der Waals surface area (Å²) in [6.07, 6.45) is 5.94. The molecule has 1 saturated carbocycles. The molecule has 0 amide bonds. The lowest BCUT2D eigenvalue weighted by molar-refractivity contribution is 0.178. The Balaban J connectivity index is 1.96. The van der Waals surface area contributed by atoms with Crippen LogP contribution in [0.2, 0.25) is 10.2 Å². The van der Waals surface area contributed by atoms with Crippen molar-refractivity contribution in [1.29, 1.82) is 0 Å². The summed E-state index contributed by atoms with van der Waals surface area (Å²) in [4.78, 5) is 6.53. The minimum atomic E-state index is 0.459. The van der Waals surface area contributed by atoms with E-state index in [2.05, 4.69) is 16.8 Å². The molecule has 17 heavy (non-hydrogen) atoms. The Labute approximate surface area is 113 Å². The third-order valence-electron chi connectivity index (χ3n) is 3.48. The van der Waals surface area contributed by atoms with E-state index in [1.165, 1.54) is 25.8 Å². The quantitative estimate of drug-likeness (QED) is 0.753. The number of rotatable bonds is 5. The van der Waals surface area contributed by atoms with Crippen molar-refractivity contribution in [3.05, 3.63) is 28.0 Å². The standard InChI is InChI=1S/C13H18Cl2N2/c1-2-17(8-10-4-3-5-10)9-11-7-16-13(15)6-12(11)14/h6-7,10H,2-5,8-9H2,1H3. The summed E-state index contributed by atoms with van der Waals surface area (Å²) in [5, 5.41) is 1.18. The van der Waals surface area contributed by atoms with E-state index in [4.69, 9.17) is 23.2 Å². The summed E-state index contributed by atoms with van der Waals surface area (Å²) in [6, 6.07) is 1.72. The summed E-state index contributed by atoms with van der Waals surface area (Å²) < 4.78 is 0. The minimum Gasteiger partial charge on any atom is -0.299 e. The lowest BCUT2D eigenvalue weighted by atomic mass is 9.85. The highest BCUT2D eigenvalue weighted by molar-refractivity contribution is 6.34. The number of aromatic nitrogens is 1. The largest absolute Gasteiger partial charge is 0.299 e. The molecule has 4 heteroatoms. The number of halogens is 2. The van der Waals surface area contributed by atoms with Gasteiger partial charge in [0.25, 0.3) is 0 Å². The van der Waals surface area contributed by atoms with Crippen LogP contribution in [0.1, 0.15) is 31.7 Å². The van der Waals surface area contributed by atoms with Crippen LogP contribution in [-0.2, 0) is 6.54 Å². The molecule has 0 aliphatic heterocycles. The molecule has 1 heterocycles. The van der Waals surface area contributed by atoms with Gasteiger partial charge in [0.15, 0.2) is 0 Å². The molecule has 1 aliphatic carbocycles. The molecule has 1 aromatic rings. The van der Waals surface area contributed by atoms with Crippen molar-refractivity contribution in [3.63, 3.8) is 0 Å². The molecule has 94 valence electrons. The zero-order valence-electron chi connectivity index (χ0n) is 10.1. The summed E-state index contributed by atoms with van der Waals surface area (Å²) in [5.41, 5.74) is 1.07. The summed E-state index contributed by atoms with van der Waals surface area (Å²) in [7, 11) is 0. The molecule has 1 fully saturated rings. The first kappa shape index (κ1) is 13.1. The van der Waals surface area contributed by atoms with Gasteiger partial charge in [0.05, 0.1) is 0 Å². The SMILES string of the molecule is CCN(Cc1cnc(Cl)cc1Cl)CC1CCC1. The van der Waals surface area contributed by atoms with Gasteiger partial charge >= 0.3 is 0 Å². The van der Waals surface area contributed by atoms with Gasteiger partial charge in [-0.2, -0.15) is 0 Å². The molecule has 2 rings (SSSR count). The molecule has 2 nitrogen and oxygen atoms in total. The molecule has 0 radical (unpaired) electrons. The van der Waals surface area contributed by atoms with Crippen molar-refractivity contribution < 1.29 is 0 Å². The molecule has 1 aliphatic rings. The van der Waals surface area contributed by atoms with E-state index in [0.717, 1.165) is 29.6 Å². The predicted molar refractivity (Wildman–Crippen MR) is 72.5 cm³/mol. The lowest BCUT2D eigenvalue weighted by Crippen LogP contribution is -2.32. The third kappa shape index (κ3) is 3.57. The number of hydrogen-bond acceptors (Lipinski definition) is 2. The van der Waals surface area contributed by atoms with Crippen LogP contribution in [0.4, 0.5) is 0 Å². The van der Waals surface area contributed by atoms with Crippen LogP contribution in [0.25, 0.3) is 0 Å². The van der Waals surface area contributed by atoms with E-state index in [0.29, 0.717) is 5.15 Å². The molecule has 0 spiro atoms. The van der Waals surface area contributed by atoms with Crippen molar-refractivity contribution in [2.24, 2.45) is 5.92 Å². The highest BCUT2D eigenvalue weighted by atomic mass is 35.5. The zero-order valence-corrected chi connectivity index (χ0v) is 11.6. The fourth-order valence-corrected chi connectivity index (χ4v) is 2.56. The highest BCUT2D eigenvalue weighted by Gasteiger charge is 2.20. The lowest BCUT2D eigenvalue weighted by Gasteiger charge is -2.31. The molecule has 0 atom stereocenters. The van der Waals surface area contributed by atoms with E-state index in [-0.39, 0.29) is 0 Å². The maximum absolute atomic E-state index is 6.16. The monoisotopic (exact) mass is 272 g/mol. The maximum atomic E-state index is 6.16. The van der Waals surface area contributed by atoms with E-state index >= 15 is 0 Å². The van der Waals surface area contributed by atoms with Crippen LogP contribution >= 0.6 is 23.2 Å². The van der Waals surface area contributed by atoms with Crippen molar-refractivity contribution in [3.8, 4) is 0 Å². The van der Waals surface area contributed by atoms with Crippen molar-refractivity contribution in [1.82, 2.24) is 9.88 Å². The number of pyridine rings is 1. The van der Waals surface area contributed by atoms with E-state index in [9.17, 15) is 0 Å². The first-order valence-corrected chi connectivity index (χ1v) is 6.97. The smallest absolute Gasteiger partial charge is 0.130 e. The van der Waals surface area contributed by atoms with Gasteiger partial charge in [-0.15, -0.1) is 0 Å². The Bertz CT molecular complexity index is 378. The van der Waals surface area contributed by atoms with Crippen molar-refractivity contribution >= 4 is 23.2 Å². The van der Waals surface area contributed by atoms with Crippen LogP contribution in [-0.4, -0.2) is 23.0 Å². The second-order valence-electron chi connectivity index (χ2n) is 4.72. The van der Waals surface area contributed by atoms with Crippen LogP contribution in [0.15, 0.2) is 12.3 Å². The van der Waals surface area contributed by atoms with E-state index in [1.807, 2.05) is 0 Å². The molecular formula is C13H18Cl2N2. The third-order valence-corrected chi connectivity index (χ3v) is 4.04. The van der Waals surface area contributed by atoms with Gasteiger partial charge in [-0.25, -0.2) is 4.98 Å². The van der Waals surface area contributed by atoms with E-state index < -0.39 is 0 Å². The van der Waals surface area contributed by atoms with Crippen molar-refractivity contribution in [2.45, 2.75) is 32.7 Å². The van der Waals surface area contributed by atoms with Crippen LogP contribution in [0, 0.1) is 5.92 Å². The topological polar surface area (TPSA) is 16.1 Å². The second-order valence-corrected chi connectivity index (χ2v) is 5.52. The average molecular weight is 273 g/mol. The van der Waals surface area contributed by atoms with Gasteiger partial charge in [-0.1, -0.05) is 36.5 Å². The molecule has 1 aromatic heterocycles. The van der Waals surface area contributed by atoms with Gasteiger partial charge in [0.1, 0.15) is 5.15 Å². The predicted octanol–water partition coefficient (Wildman–Crippen LogP) is 4.01. The first-order valence-electron chi connectivity index (χ1n) is 6.21. The van der Waals surface area contributed by atoms with Crippen LogP contribution < -0.4 is 0 Å². The van der Waals surface area contributed by atoms with Gasteiger partial charge in [-0.3, -0.25) is 4.90 Å².